The first-order valence-electron chi connectivity index (χ1n) is 4.81. The molecule has 0 aromatic carbocycles. The molecule has 1 saturated heterocycles. The molecule has 1 fully saturated rings. The molecular weight excluding hydrogens is 198 g/mol. The number of primary amides is 1. The Morgan fingerprint density at radius 3 is 2.93 bits per heavy atom. The maximum atomic E-state index is 10.7. The number of morpholine rings is 1. The lowest BCUT2D eigenvalue weighted by molar-refractivity contribution is -0.117. The van der Waals surface area contributed by atoms with Gasteiger partial charge in [-0.2, -0.15) is 0 Å². The van der Waals surface area contributed by atoms with Crippen LogP contribution < -0.4 is 10.6 Å². The monoisotopic (exact) mass is 211 g/mol. The van der Waals surface area contributed by atoms with Gasteiger partial charge in [0.1, 0.15) is 5.76 Å². The number of nitrogens with two attached hydrogens (primary N) is 1. The van der Waals surface area contributed by atoms with Crippen LogP contribution in [0, 0.1) is 0 Å². The van der Waals surface area contributed by atoms with E-state index in [1.54, 1.807) is 0 Å². The number of carbonyl (C=O) groups excluding carboxylic acids is 1. The number of hydrogen-bond acceptors (Lipinski definition) is 5. The first kappa shape index (κ1) is 9.97. The molecule has 0 aliphatic carbocycles. The Balaban J connectivity index is 2.02. The molecule has 0 atom stereocenters. The van der Waals surface area contributed by atoms with Crippen molar-refractivity contribution in [3.05, 3.63) is 12.0 Å². The molecular formula is C9H13N3O3. The molecule has 6 heteroatoms. The third kappa shape index (κ3) is 2.47. The zero-order valence-electron chi connectivity index (χ0n) is 8.31. The molecule has 1 amide bonds. The molecule has 1 aromatic rings. The van der Waals surface area contributed by atoms with Crippen LogP contribution in [-0.2, 0) is 16.0 Å². The lowest BCUT2D eigenvalue weighted by Crippen LogP contribution is -2.36. The third-order valence-electron chi connectivity index (χ3n) is 2.17. The van der Waals surface area contributed by atoms with E-state index in [2.05, 4.69) is 4.98 Å². The summed E-state index contributed by atoms with van der Waals surface area (Å²) in [6.07, 6.45) is 1.63. The van der Waals surface area contributed by atoms with Crippen LogP contribution in [0.4, 0.5) is 6.01 Å². The summed E-state index contributed by atoms with van der Waals surface area (Å²) in [7, 11) is 0. The van der Waals surface area contributed by atoms with E-state index in [1.807, 2.05) is 4.90 Å². The van der Waals surface area contributed by atoms with Crippen molar-refractivity contribution in [3.63, 3.8) is 0 Å². The van der Waals surface area contributed by atoms with E-state index >= 15 is 0 Å². The zero-order valence-corrected chi connectivity index (χ0v) is 8.31. The highest BCUT2D eigenvalue weighted by atomic mass is 16.5. The van der Waals surface area contributed by atoms with Gasteiger partial charge in [0.05, 0.1) is 25.8 Å². The number of aromatic nitrogens is 1. The van der Waals surface area contributed by atoms with Crippen molar-refractivity contribution in [2.45, 2.75) is 6.42 Å². The molecule has 0 spiro atoms. The molecule has 1 aliphatic rings. The minimum absolute atomic E-state index is 0.0946. The van der Waals surface area contributed by atoms with Gasteiger partial charge >= 0.3 is 0 Å². The Labute approximate surface area is 87.0 Å². The summed E-state index contributed by atoms with van der Waals surface area (Å²) in [5.41, 5.74) is 5.05. The fourth-order valence-corrected chi connectivity index (χ4v) is 1.45. The van der Waals surface area contributed by atoms with Gasteiger partial charge in [-0.1, -0.05) is 0 Å². The Morgan fingerprint density at radius 1 is 1.53 bits per heavy atom. The maximum Gasteiger partial charge on any atom is 0.297 e. The minimum Gasteiger partial charge on any atom is -0.428 e. The van der Waals surface area contributed by atoms with Gasteiger partial charge in [-0.3, -0.25) is 4.79 Å². The van der Waals surface area contributed by atoms with Crippen molar-refractivity contribution >= 4 is 11.9 Å². The summed E-state index contributed by atoms with van der Waals surface area (Å²) in [5, 5.41) is 0. The maximum absolute atomic E-state index is 10.7. The molecule has 2 heterocycles. The summed E-state index contributed by atoms with van der Waals surface area (Å²) >= 11 is 0. The van der Waals surface area contributed by atoms with Crippen LogP contribution in [0.1, 0.15) is 5.76 Å². The molecule has 2 rings (SSSR count). The lowest BCUT2D eigenvalue weighted by Gasteiger charge is -2.24. The summed E-state index contributed by atoms with van der Waals surface area (Å²) in [5.74, 6) is 0.0867. The highest BCUT2D eigenvalue weighted by Crippen LogP contribution is 2.15. The SMILES string of the molecule is NC(=O)Cc1cnc(N2CCOCC2)o1. The summed E-state index contributed by atoms with van der Waals surface area (Å²) in [4.78, 5) is 16.7. The lowest BCUT2D eigenvalue weighted by atomic mass is 10.3. The van der Waals surface area contributed by atoms with Crippen molar-refractivity contribution in [2.24, 2.45) is 5.73 Å². The van der Waals surface area contributed by atoms with Crippen molar-refractivity contribution in [1.82, 2.24) is 4.98 Å². The van der Waals surface area contributed by atoms with Crippen LogP contribution in [0.3, 0.4) is 0 Å². The van der Waals surface area contributed by atoms with E-state index < -0.39 is 5.91 Å². The predicted molar refractivity (Wildman–Crippen MR) is 52.4 cm³/mol. The van der Waals surface area contributed by atoms with Crippen molar-refractivity contribution in [1.29, 1.82) is 0 Å². The average molecular weight is 211 g/mol. The Morgan fingerprint density at radius 2 is 2.27 bits per heavy atom. The van der Waals surface area contributed by atoms with Crippen LogP contribution >= 0.6 is 0 Å². The molecule has 1 aliphatic heterocycles. The smallest absolute Gasteiger partial charge is 0.297 e. The van der Waals surface area contributed by atoms with Crippen LogP contribution in [0.5, 0.6) is 0 Å². The number of hydrogen-bond donors (Lipinski definition) is 1. The van der Waals surface area contributed by atoms with Gasteiger partial charge in [-0.05, 0) is 0 Å². The van der Waals surface area contributed by atoms with Gasteiger partial charge in [0.2, 0.25) is 5.91 Å². The Hall–Kier alpha value is -1.56. The number of oxazole rings is 1. The van der Waals surface area contributed by atoms with E-state index in [0.29, 0.717) is 25.0 Å². The quantitative estimate of drug-likeness (QED) is 0.731. The van der Waals surface area contributed by atoms with E-state index in [9.17, 15) is 4.79 Å². The summed E-state index contributed by atoms with van der Waals surface area (Å²) in [6, 6.07) is 0.537. The highest BCUT2D eigenvalue weighted by molar-refractivity contribution is 5.75. The molecule has 0 bridgehead atoms. The summed E-state index contributed by atoms with van der Waals surface area (Å²) in [6.45, 7) is 2.87. The molecule has 82 valence electrons. The second-order valence-corrected chi connectivity index (χ2v) is 3.35. The number of nitrogens with zero attached hydrogens (tertiary/aromatic N) is 2. The average Bonchev–Trinajstić information content (AvgIpc) is 2.67. The van der Waals surface area contributed by atoms with E-state index in [0.717, 1.165) is 13.1 Å². The first-order chi connectivity index (χ1) is 7.25. The van der Waals surface area contributed by atoms with E-state index in [4.69, 9.17) is 14.9 Å². The van der Waals surface area contributed by atoms with Crippen molar-refractivity contribution in [2.75, 3.05) is 31.2 Å². The van der Waals surface area contributed by atoms with Gasteiger partial charge < -0.3 is 19.8 Å². The van der Waals surface area contributed by atoms with Gasteiger partial charge in [-0.25, -0.2) is 4.98 Å². The van der Waals surface area contributed by atoms with Crippen LogP contribution in [0.25, 0.3) is 0 Å². The van der Waals surface area contributed by atoms with E-state index in [-0.39, 0.29) is 6.42 Å². The fraction of sp³-hybridized carbons (Fsp3) is 0.556. The first-order valence-corrected chi connectivity index (χ1v) is 4.81. The number of amides is 1. The van der Waals surface area contributed by atoms with Gasteiger partial charge in [0.15, 0.2) is 0 Å². The standard InChI is InChI=1S/C9H13N3O3/c10-8(13)5-7-6-11-9(15-7)12-1-3-14-4-2-12/h6H,1-5H2,(H2,10,13). The van der Waals surface area contributed by atoms with Gasteiger partial charge in [0.25, 0.3) is 6.01 Å². The molecule has 1 aromatic heterocycles. The predicted octanol–water partition coefficient (Wildman–Crippen LogP) is -0.461. The second-order valence-electron chi connectivity index (χ2n) is 3.35. The number of carbonyl (C=O) groups is 1. The molecule has 0 radical (unpaired) electrons. The van der Waals surface area contributed by atoms with Gasteiger partial charge in [-0.15, -0.1) is 0 Å². The third-order valence-corrected chi connectivity index (χ3v) is 2.17. The highest BCUT2D eigenvalue weighted by Gasteiger charge is 2.16. The number of ether oxygens (including phenoxy) is 1. The normalized spacial score (nSPS) is 16.7. The minimum atomic E-state index is -0.417. The number of rotatable bonds is 3. The van der Waals surface area contributed by atoms with Crippen molar-refractivity contribution < 1.29 is 13.9 Å². The van der Waals surface area contributed by atoms with Crippen molar-refractivity contribution in [3.8, 4) is 0 Å². The zero-order chi connectivity index (χ0) is 10.7. The Kier molecular flexibility index (Phi) is 2.86. The Bertz CT molecular complexity index is 344. The topological polar surface area (TPSA) is 81.6 Å². The molecule has 0 saturated carbocycles. The summed E-state index contributed by atoms with van der Waals surface area (Å²) < 4.78 is 10.6. The largest absolute Gasteiger partial charge is 0.428 e. The van der Waals surface area contributed by atoms with Crippen LogP contribution in [0.15, 0.2) is 10.6 Å². The number of anilines is 1. The second kappa shape index (κ2) is 4.31. The molecule has 6 nitrogen and oxygen atoms in total. The van der Waals surface area contributed by atoms with Crippen LogP contribution in [0.2, 0.25) is 0 Å². The molecule has 0 unspecified atom stereocenters. The molecule has 2 N–H and O–H groups in total. The van der Waals surface area contributed by atoms with E-state index in [1.165, 1.54) is 6.20 Å². The fourth-order valence-electron chi connectivity index (χ4n) is 1.45. The van der Waals surface area contributed by atoms with Gasteiger partial charge in [0, 0.05) is 13.1 Å². The molecule has 15 heavy (non-hydrogen) atoms. The van der Waals surface area contributed by atoms with Crippen LogP contribution in [-0.4, -0.2) is 37.2 Å².